The Labute approximate surface area is 181 Å². The van der Waals surface area contributed by atoms with Crippen molar-refractivity contribution < 1.29 is 0 Å². The summed E-state index contributed by atoms with van der Waals surface area (Å²) in [6.07, 6.45) is 6.03. The SMILES string of the molecule is CC(CN(C)C)n1cc(-c2cncc(-c3ccc(Cl)cc3)c2)c2ccc(Cl)cc21. The zero-order valence-corrected chi connectivity index (χ0v) is 18.2. The van der Waals surface area contributed by atoms with Gasteiger partial charge in [-0.3, -0.25) is 4.98 Å². The van der Waals surface area contributed by atoms with E-state index in [1.165, 1.54) is 5.39 Å². The first-order valence-corrected chi connectivity index (χ1v) is 10.3. The molecular formula is C24H23Cl2N3. The third-order valence-electron chi connectivity index (χ3n) is 5.13. The Balaban J connectivity index is 1.84. The Hall–Kier alpha value is -2.33. The highest BCUT2D eigenvalue weighted by Crippen LogP contribution is 2.35. The number of benzene rings is 2. The minimum Gasteiger partial charge on any atom is -0.343 e. The molecule has 3 nitrogen and oxygen atoms in total. The maximum atomic E-state index is 6.33. The lowest BCUT2D eigenvalue weighted by Gasteiger charge is -2.19. The molecule has 2 aromatic heterocycles. The third-order valence-corrected chi connectivity index (χ3v) is 5.61. The van der Waals surface area contributed by atoms with E-state index in [1.54, 1.807) is 0 Å². The molecule has 2 heterocycles. The van der Waals surface area contributed by atoms with Gasteiger partial charge in [0.2, 0.25) is 0 Å². The maximum absolute atomic E-state index is 6.33. The van der Waals surface area contributed by atoms with Crippen molar-refractivity contribution in [3.63, 3.8) is 0 Å². The summed E-state index contributed by atoms with van der Waals surface area (Å²) in [6.45, 7) is 3.17. The summed E-state index contributed by atoms with van der Waals surface area (Å²) in [5, 5.41) is 2.65. The van der Waals surface area contributed by atoms with Gasteiger partial charge >= 0.3 is 0 Å². The zero-order chi connectivity index (χ0) is 20.5. The molecule has 0 fully saturated rings. The highest BCUT2D eigenvalue weighted by molar-refractivity contribution is 6.31. The fourth-order valence-corrected chi connectivity index (χ4v) is 4.12. The van der Waals surface area contributed by atoms with E-state index in [1.807, 2.05) is 48.8 Å². The summed E-state index contributed by atoms with van der Waals surface area (Å²) in [6, 6.07) is 16.4. The fraction of sp³-hybridized carbons (Fsp3) is 0.208. The van der Waals surface area contributed by atoms with Crippen LogP contribution in [0.25, 0.3) is 33.2 Å². The van der Waals surface area contributed by atoms with Gasteiger partial charge in [0.05, 0.1) is 5.52 Å². The minimum atomic E-state index is 0.312. The van der Waals surface area contributed by atoms with Crippen molar-refractivity contribution >= 4 is 34.1 Å². The standard InChI is InChI=1S/C24H23Cl2N3/c1-16(14-28(2)3)29-15-23(22-9-8-21(26)11-24(22)29)19-10-18(12-27-13-19)17-4-6-20(25)7-5-17/h4-13,15-16H,14H2,1-3H3. The third kappa shape index (κ3) is 4.18. The van der Waals surface area contributed by atoms with Crippen LogP contribution >= 0.6 is 23.2 Å². The predicted molar refractivity (Wildman–Crippen MR) is 124 cm³/mol. The van der Waals surface area contributed by atoms with Gasteiger partial charge in [-0.05, 0) is 56.9 Å². The zero-order valence-electron chi connectivity index (χ0n) is 16.7. The van der Waals surface area contributed by atoms with Crippen molar-refractivity contribution in [3.8, 4) is 22.3 Å². The van der Waals surface area contributed by atoms with Crippen molar-refractivity contribution in [3.05, 3.63) is 77.2 Å². The van der Waals surface area contributed by atoms with E-state index in [0.29, 0.717) is 6.04 Å². The van der Waals surface area contributed by atoms with Crippen LogP contribution in [0.2, 0.25) is 10.0 Å². The Bertz CT molecular complexity index is 1150. The van der Waals surface area contributed by atoms with E-state index in [-0.39, 0.29) is 0 Å². The molecule has 2 aromatic carbocycles. The Morgan fingerprint density at radius 2 is 1.59 bits per heavy atom. The molecule has 0 radical (unpaired) electrons. The lowest BCUT2D eigenvalue weighted by Crippen LogP contribution is -2.21. The van der Waals surface area contributed by atoms with Crippen LogP contribution in [-0.4, -0.2) is 35.1 Å². The predicted octanol–water partition coefficient (Wildman–Crippen LogP) is 6.80. The second kappa shape index (κ2) is 8.19. The second-order valence-electron chi connectivity index (χ2n) is 7.69. The molecule has 1 unspecified atom stereocenters. The van der Waals surface area contributed by atoms with Gasteiger partial charge in [0.1, 0.15) is 0 Å². The second-order valence-corrected chi connectivity index (χ2v) is 8.56. The summed E-state index contributed by atoms with van der Waals surface area (Å²) in [4.78, 5) is 6.71. The molecule has 0 spiro atoms. The Morgan fingerprint density at radius 3 is 2.31 bits per heavy atom. The van der Waals surface area contributed by atoms with E-state index in [9.17, 15) is 0 Å². The van der Waals surface area contributed by atoms with Crippen LogP contribution in [0.15, 0.2) is 67.1 Å². The highest BCUT2D eigenvalue weighted by Gasteiger charge is 2.16. The van der Waals surface area contributed by atoms with Gasteiger partial charge in [-0.25, -0.2) is 0 Å². The van der Waals surface area contributed by atoms with Crippen molar-refractivity contribution in [1.29, 1.82) is 0 Å². The molecule has 0 aliphatic carbocycles. The van der Waals surface area contributed by atoms with Gasteiger partial charge in [-0.15, -0.1) is 0 Å². The van der Waals surface area contributed by atoms with Gasteiger partial charge in [0.15, 0.2) is 0 Å². The molecule has 4 rings (SSSR count). The summed E-state index contributed by atoms with van der Waals surface area (Å²) in [5.74, 6) is 0. The van der Waals surface area contributed by atoms with Crippen molar-refractivity contribution in [1.82, 2.24) is 14.5 Å². The molecule has 29 heavy (non-hydrogen) atoms. The van der Waals surface area contributed by atoms with Crippen LogP contribution in [0.1, 0.15) is 13.0 Å². The molecule has 0 saturated carbocycles. The fourth-order valence-electron chi connectivity index (χ4n) is 3.82. The first kappa shape index (κ1) is 20.0. The van der Waals surface area contributed by atoms with Crippen LogP contribution in [0.3, 0.4) is 0 Å². The van der Waals surface area contributed by atoms with Gasteiger partial charge in [-0.2, -0.15) is 0 Å². The lowest BCUT2D eigenvalue weighted by atomic mass is 10.0. The highest BCUT2D eigenvalue weighted by atomic mass is 35.5. The van der Waals surface area contributed by atoms with Crippen LogP contribution in [-0.2, 0) is 0 Å². The number of nitrogens with zero attached hydrogens (tertiary/aromatic N) is 3. The van der Waals surface area contributed by atoms with Crippen molar-refractivity contribution in [2.45, 2.75) is 13.0 Å². The molecule has 0 N–H and O–H groups in total. The first-order valence-electron chi connectivity index (χ1n) is 9.58. The quantitative estimate of drug-likeness (QED) is 0.351. The average molecular weight is 424 g/mol. The lowest BCUT2D eigenvalue weighted by molar-refractivity contribution is 0.341. The number of likely N-dealkylation sites (N-methyl/N-ethyl adjacent to an activating group) is 1. The first-order chi connectivity index (χ1) is 13.9. The van der Waals surface area contributed by atoms with Crippen LogP contribution < -0.4 is 0 Å². The molecular weight excluding hydrogens is 401 g/mol. The number of hydrogen-bond acceptors (Lipinski definition) is 2. The Morgan fingerprint density at radius 1 is 0.897 bits per heavy atom. The molecule has 0 saturated heterocycles. The Kier molecular flexibility index (Phi) is 5.64. The average Bonchev–Trinajstić information content (AvgIpc) is 3.07. The van der Waals surface area contributed by atoms with Crippen molar-refractivity contribution in [2.75, 3.05) is 20.6 Å². The molecule has 0 bridgehead atoms. The summed E-state index contributed by atoms with van der Waals surface area (Å²) < 4.78 is 2.31. The van der Waals surface area contributed by atoms with E-state index >= 15 is 0 Å². The van der Waals surface area contributed by atoms with Gasteiger partial charge < -0.3 is 9.47 Å². The molecule has 148 valence electrons. The summed E-state index contributed by atoms with van der Waals surface area (Å²) >= 11 is 12.4. The number of rotatable bonds is 5. The molecule has 1 atom stereocenters. The van der Waals surface area contributed by atoms with E-state index < -0.39 is 0 Å². The monoisotopic (exact) mass is 423 g/mol. The van der Waals surface area contributed by atoms with E-state index in [4.69, 9.17) is 23.2 Å². The van der Waals surface area contributed by atoms with Gasteiger partial charge in [0, 0.05) is 63.3 Å². The largest absolute Gasteiger partial charge is 0.343 e. The van der Waals surface area contributed by atoms with E-state index in [0.717, 1.165) is 44.4 Å². The van der Waals surface area contributed by atoms with Crippen LogP contribution in [0.5, 0.6) is 0 Å². The van der Waals surface area contributed by atoms with Crippen LogP contribution in [0, 0.1) is 0 Å². The topological polar surface area (TPSA) is 21.1 Å². The van der Waals surface area contributed by atoms with Gasteiger partial charge in [0.25, 0.3) is 0 Å². The van der Waals surface area contributed by atoms with Crippen LogP contribution in [0.4, 0.5) is 0 Å². The maximum Gasteiger partial charge on any atom is 0.0504 e. The number of fused-ring (bicyclic) bond motifs is 1. The normalized spacial score (nSPS) is 12.6. The minimum absolute atomic E-state index is 0.312. The molecule has 0 aliphatic heterocycles. The molecule has 5 heteroatoms. The molecule has 0 aliphatic rings. The summed E-state index contributed by atoms with van der Waals surface area (Å²) in [5.41, 5.74) is 5.54. The number of halogens is 2. The van der Waals surface area contributed by atoms with Gasteiger partial charge in [-0.1, -0.05) is 41.4 Å². The summed E-state index contributed by atoms with van der Waals surface area (Å²) in [7, 11) is 4.19. The smallest absolute Gasteiger partial charge is 0.0504 e. The number of hydrogen-bond donors (Lipinski definition) is 0. The molecule has 4 aromatic rings. The van der Waals surface area contributed by atoms with E-state index in [2.05, 4.69) is 53.8 Å². The number of pyridine rings is 1. The number of aromatic nitrogens is 2. The van der Waals surface area contributed by atoms with Crippen molar-refractivity contribution in [2.24, 2.45) is 0 Å². The molecule has 0 amide bonds.